The number of nitrogens with one attached hydrogen (secondary N) is 2. The molecule has 0 fully saturated rings. The fraction of sp³-hybridized carbons (Fsp3) is 0.0526. The van der Waals surface area contributed by atoms with Crippen molar-refractivity contribution in [3.8, 4) is 0 Å². The lowest BCUT2D eigenvalue weighted by Crippen LogP contribution is -2.40. The van der Waals surface area contributed by atoms with Crippen molar-refractivity contribution in [1.82, 2.24) is 5.32 Å². The van der Waals surface area contributed by atoms with E-state index >= 15 is 0 Å². The van der Waals surface area contributed by atoms with Gasteiger partial charge in [-0.05, 0) is 29.8 Å². The van der Waals surface area contributed by atoms with E-state index in [4.69, 9.17) is 28.9 Å². The number of aliphatic imine (C=N–C) groups is 1. The molecule has 1 atom stereocenters. The summed E-state index contributed by atoms with van der Waals surface area (Å²) in [4.78, 5) is 16.6. The zero-order valence-corrected chi connectivity index (χ0v) is 15.1. The highest BCUT2D eigenvalue weighted by Gasteiger charge is 2.18. The van der Waals surface area contributed by atoms with Gasteiger partial charge in [-0.1, -0.05) is 65.7 Å². The van der Waals surface area contributed by atoms with Crippen molar-refractivity contribution < 1.29 is 4.79 Å². The zero-order chi connectivity index (χ0) is 18.5. The van der Waals surface area contributed by atoms with Gasteiger partial charge in [0.25, 0.3) is 5.91 Å². The monoisotopic (exact) mass is 386 g/mol. The molecule has 1 aliphatic heterocycles. The number of halogens is 2. The molecule has 1 amide bonds. The molecule has 26 heavy (non-hydrogen) atoms. The highest BCUT2D eigenvalue weighted by atomic mass is 35.5. The Morgan fingerprint density at radius 1 is 1.12 bits per heavy atom. The molecule has 0 aliphatic carbocycles. The van der Waals surface area contributed by atoms with Gasteiger partial charge in [-0.2, -0.15) is 0 Å². The summed E-state index contributed by atoms with van der Waals surface area (Å²) in [7, 11) is 0. The standard InChI is InChI=1S/C19H16Cl2N4O/c20-14-7-4-8-15(17(14)21)24-18(26)16-11-13(23-19(22)25-16)10-9-12-5-2-1-3-6-12/h1-11,19,23H,22H2,(H,24,26)/b10-9+/t19-/m0/s1. The van der Waals surface area contributed by atoms with Crippen LogP contribution >= 0.6 is 23.2 Å². The molecule has 0 bridgehead atoms. The summed E-state index contributed by atoms with van der Waals surface area (Å²) >= 11 is 12.1. The SMILES string of the molecule is N[C@@H]1N=C(C(=O)Nc2cccc(Cl)c2Cl)C=C(/C=C/c2ccccc2)N1. The van der Waals surface area contributed by atoms with Crippen LogP contribution in [0.2, 0.25) is 10.0 Å². The number of nitrogens with zero attached hydrogens (tertiary/aromatic N) is 1. The first-order valence-corrected chi connectivity index (χ1v) is 8.58. The van der Waals surface area contributed by atoms with Gasteiger partial charge >= 0.3 is 0 Å². The summed E-state index contributed by atoms with van der Waals surface area (Å²) in [6.07, 6.45) is 4.66. The van der Waals surface area contributed by atoms with Crippen molar-refractivity contribution in [1.29, 1.82) is 0 Å². The summed E-state index contributed by atoms with van der Waals surface area (Å²) in [5, 5.41) is 6.32. The van der Waals surface area contributed by atoms with Crippen LogP contribution < -0.4 is 16.4 Å². The molecular weight excluding hydrogens is 371 g/mol. The predicted molar refractivity (Wildman–Crippen MR) is 107 cm³/mol. The van der Waals surface area contributed by atoms with Crippen LogP contribution in [0.25, 0.3) is 6.08 Å². The van der Waals surface area contributed by atoms with Gasteiger partial charge in [-0.15, -0.1) is 0 Å². The first-order valence-electron chi connectivity index (χ1n) is 7.83. The molecule has 0 radical (unpaired) electrons. The Labute approximate surface area is 161 Å². The summed E-state index contributed by atoms with van der Waals surface area (Å²) < 4.78 is 0. The lowest BCUT2D eigenvalue weighted by atomic mass is 10.1. The van der Waals surface area contributed by atoms with Crippen LogP contribution in [0.15, 0.2) is 71.4 Å². The van der Waals surface area contributed by atoms with Gasteiger partial charge in [0.15, 0.2) is 6.29 Å². The van der Waals surface area contributed by atoms with Crippen LogP contribution in [-0.2, 0) is 4.79 Å². The van der Waals surface area contributed by atoms with E-state index < -0.39 is 12.2 Å². The maximum absolute atomic E-state index is 12.5. The van der Waals surface area contributed by atoms with Gasteiger partial charge in [-0.25, -0.2) is 4.99 Å². The normalized spacial score (nSPS) is 16.7. The van der Waals surface area contributed by atoms with E-state index in [0.717, 1.165) is 5.56 Å². The third-order valence-electron chi connectivity index (χ3n) is 3.57. The zero-order valence-electron chi connectivity index (χ0n) is 13.6. The molecule has 5 nitrogen and oxygen atoms in total. The van der Waals surface area contributed by atoms with Crippen molar-refractivity contribution in [2.45, 2.75) is 6.29 Å². The van der Waals surface area contributed by atoms with E-state index in [1.165, 1.54) is 0 Å². The lowest BCUT2D eigenvalue weighted by Gasteiger charge is -2.19. The number of carbonyl (C=O) groups excluding carboxylic acids is 1. The minimum atomic E-state index is -0.717. The van der Waals surface area contributed by atoms with E-state index in [0.29, 0.717) is 16.4 Å². The highest BCUT2D eigenvalue weighted by Crippen LogP contribution is 2.29. The average molecular weight is 387 g/mol. The molecule has 2 aromatic rings. The molecule has 0 unspecified atom stereocenters. The topological polar surface area (TPSA) is 79.5 Å². The Kier molecular flexibility index (Phi) is 5.73. The number of hydrogen-bond acceptors (Lipinski definition) is 4. The Bertz CT molecular complexity index is 907. The van der Waals surface area contributed by atoms with Gasteiger partial charge in [0.2, 0.25) is 0 Å². The van der Waals surface area contributed by atoms with Crippen LogP contribution in [-0.4, -0.2) is 17.9 Å². The smallest absolute Gasteiger partial charge is 0.274 e. The van der Waals surface area contributed by atoms with Crippen LogP contribution in [0.3, 0.4) is 0 Å². The first kappa shape index (κ1) is 18.2. The Hall–Kier alpha value is -2.60. The van der Waals surface area contributed by atoms with E-state index in [9.17, 15) is 4.79 Å². The summed E-state index contributed by atoms with van der Waals surface area (Å²) in [6, 6.07) is 14.8. The number of allylic oxidation sites excluding steroid dienone is 1. The van der Waals surface area contributed by atoms with Crippen molar-refractivity contribution in [3.63, 3.8) is 0 Å². The molecule has 0 saturated heterocycles. The molecule has 132 valence electrons. The van der Waals surface area contributed by atoms with Gasteiger partial charge in [0, 0.05) is 5.70 Å². The minimum Gasteiger partial charge on any atom is -0.352 e. The molecule has 7 heteroatoms. The maximum atomic E-state index is 12.5. The average Bonchev–Trinajstić information content (AvgIpc) is 2.64. The van der Waals surface area contributed by atoms with E-state index in [1.807, 2.05) is 42.5 Å². The van der Waals surface area contributed by atoms with E-state index in [2.05, 4.69) is 15.6 Å². The molecule has 0 spiro atoms. The quantitative estimate of drug-likeness (QED) is 0.746. The lowest BCUT2D eigenvalue weighted by molar-refractivity contribution is -0.110. The summed E-state index contributed by atoms with van der Waals surface area (Å²) in [5.41, 5.74) is 8.18. The Balaban J connectivity index is 1.77. The second-order valence-electron chi connectivity index (χ2n) is 5.50. The van der Waals surface area contributed by atoms with Crippen molar-refractivity contribution in [3.05, 3.63) is 82.0 Å². The second-order valence-corrected chi connectivity index (χ2v) is 6.29. The first-order chi connectivity index (χ1) is 12.5. The maximum Gasteiger partial charge on any atom is 0.274 e. The fourth-order valence-corrected chi connectivity index (χ4v) is 2.68. The molecule has 1 heterocycles. The molecule has 1 aliphatic rings. The number of nitrogens with two attached hydrogens (primary N) is 1. The van der Waals surface area contributed by atoms with Gasteiger partial charge in [-0.3, -0.25) is 10.5 Å². The van der Waals surface area contributed by atoms with Crippen molar-refractivity contribution >= 4 is 46.6 Å². The molecule has 0 saturated carbocycles. The number of rotatable bonds is 4. The van der Waals surface area contributed by atoms with Crippen molar-refractivity contribution in [2.24, 2.45) is 10.7 Å². The largest absolute Gasteiger partial charge is 0.352 e. The van der Waals surface area contributed by atoms with E-state index in [-0.39, 0.29) is 10.7 Å². The molecule has 3 rings (SSSR count). The minimum absolute atomic E-state index is 0.194. The van der Waals surface area contributed by atoms with Gasteiger partial charge in [0.1, 0.15) is 5.71 Å². The third kappa shape index (κ3) is 4.52. The van der Waals surface area contributed by atoms with Crippen LogP contribution in [0.5, 0.6) is 0 Å². The Morgan fingerprint density at radius 3 is 2.65 bits per heavy atom. The van der Waals surface area contributed by atoms with Crippen LogP contribution in [0.4, 0.5) is 5.69 Å². The van der Waals surface area contributed by atoms with Gasteiger partial charge < -0.3 is 10.6 Å². The number of benzene rings is 2. The van der Waals surface area contributed by atoms with Gasteiger partial charge in [0.05, 0.1) is 15.7 Å². The van der Waals surface area contributed by atoms with Crippen molar-refractivity contribution in [2.75, 3.05) is 5.32 Å². The third-order valence-corrected chi connectivity index (χ3v) is 4.39. The van der Waals surface area contributed by atoms with Crippen LogP contribution in [0, 0.1) is 0 Å². The number of carbonyl (C=O) groups is 1. The number of anilines is 1. The predicted octanol–water partition coefficient (Wildman–Crippen LogP) is 3.82. The molecule has 4 N–H and O–H groups in total. The second kappa shape index (κ2) is 8.19. The van der Waals surface area contributed by atoms with Crippen LogP contribution in [0.1, 0.15) is 5.56 Å². The molecular formula is C19H16Cl2N4O. The number of amides is 1. The van der Waals surface area contributed by atoms with E-state index in [1.54, 1.807) is 24.3 Å². The highest BCUT2D eigenvalue weighted by molar-refractivity contribution is 6.49. The fourth-order valence-electron chi connectivity index (χ4n) is 2.34. The molecule has 2 aromatic carbocycles. The Morgan fingerprint density at radius 2 is 1.88 bits per heavy atom. The summed E-state index contributed by atoms with van der Waals surface area (Å²) in [5.74, 6) is -0.420. The molecule has 0 aromatic heterocycles. The number of hydrogen-bond donors (Lipinski definition) is 3. The summed E-state index contributed by atoms with van der Waals surface area (Å²) in [6.45, 7) is 0.